The van der Waals surface area contributed by atoms with Crippen LogP contribution in [-0.4, -0.2) is 23.2 Å². The largest absolute Gasteiger partial charge is 0.344 e. The van der Waals surface area contributed by atoms with Crippen molar-refractivity contribution in [1.29, 1.82) is 0 Å². The average Bonchev–Trinajstić information content (AvgIpc) is 2.13. The van der Waals surface area contributed by atoms with Crippen molar-refractivity contribution in [3.8, 4) is 0 Å². The topological polar surface area (TPSA) is 119 Å². The Morgan fingerprint density at radius 1 is 1.35 bits per heavy atom. The molecular weight excluding hydrogens is 273 g/mol. The molecule has 0 saturated carbocycles. The number of benzene rings is 1. The van der Waals surface area contributed by atoms with Gasteiger partial charge in [0, 0.05) is 6.07 Å². The number of nitrogens with one attached hydrogen (secondary N) is 1. The van der Waals surface area contributed by atoms with Gasteiger partial charge in [0.1, 0.15) is 21.9 Å². The number of sulfonamides is 2. The van der Waals surface area contributed by atoms with E-state index in [0.717, 1.165) is 12.4 Å². The number of halogens is 1. The number of hydrogen-bond acceptors (Lipinski definition) is 5. The molecule has 1 aromatic rings. The number of nitrogens with zero attached hydrogens (tertiary/aromatic N) is 1. The molecule has 0 radical (unpaired) electrons. The van der Waals surface area contributed by atoms with Gasteiger partial charge in [-0.15, -0.1) is 4.40 Å². The van der Waals surface area contributed by atoms with E-state index in [1.807, 2.05) is 0 Å². The standard InChI is InChI=1S/C7H6FN3O4S2/c8-4-1-5-7(2-6(4)16(9,12)13)17(14,15)11-3-10-5/h1-3H,(H,10,11)(H2,9,12,13). The molecule has 10 heteroatoms. The third-order valence-electron chi connectivity index (χ3n) is 2.03. The maximum atomic E-state index is 13.4. The quantitative estimate of drug-likeness (QED) is 0.726. The van der Waals surface area contributed by atoms with Crippen molar-refractivity contribution in [1.82, 2.24) is 0 Å². The van der Waals surface area contributed by atoms with Crippen molar-refractivity contribution in [3.05, 3.63) is 17.9 Å². The summed E-state index contributed by atoms with van der Waals surface area (Å²) in [7, 11) is -8.36. The molecule has 1 aliphatic rings. The number of fused-ring (bicyclic) bond motifs is 1. The molecule has 92 valence electrons. The van der Waals surface area contributed by atoms with Crippen LogP contribution in [0.3, 0.4) is 0 Å². The minimum atomic E-state index is -4.34. The summed E-state index contributed by atoms with van der Waals surface area (Å²) in [4.78, 5) is -1.33. The first-order chi connectivity index (χ1) is 7.72. The molecule has 0 amide bonds. The number of rotatable bonds is 1. The molecule has 17 heavy (non-hydrogen) atoms. The van der Waals surface area contributed by atoms with E-state index in [1.165, 1.54) is 0 Å². The molecule has 0 aliphatic carbocycles. The lowest BCUT2D eigenvalue weighted by Gasteiger charge is -2.13. The smallest absolute Gasteiger partial charge is 0.285 e. The minimum Gasteiger partial charge on any atom is -0.344 e. The molecule has 0 bridgehead atoms. The van der Waals surface area contributed by atoms with Crippen LogP contribution in [0, 0.1) is 5.82 Å². The molecule has 0 aromatic heterocycles. The lowest BCUT2D eigenvalue weighted by Crippen LogP contribution is -2.18. The highest BCUT2D eigenvalue weighted by Gasteiger charge is 2.26. The minimum absolute atomic E-state index is 0.0927. The highest BCUT2D eigenvalue weighted by molar-refractivity contribution is 7.91. The lowest BCUT2D eigenvalue weighted by molar-refractivity contribution is 0.566. The van der Waals surface area contributed by atoms with E-state index in [-0.39, 0.29) is 5.69 Å². The Hall–Kier alpha value is -1.52. The Kier molecular flexibility index (Phi) is 2.45. The normalized spacial score (nSPS) is 17.3. The number of nitrogens with two attached hydrogens (primary N) is 1. The first kappa shape index (κ1) is 12.0. The zero-order chi connectivity index (χ0) is 12.8. The van der Waals surface area contributed by atoms with E-state index in [9.17, 15) is 21.2 Å². The van der Waals surface area contributed by atoms with Gasteiger partial charge in [-0.25, -0.2) is 17.9 Å². The van der Waals surface area contributed by atoms with E-state index in [4.69, 9.17) is 5.14 Å². The zero-order valence-corrected chi connectivity index (χ0v) is 9.72. The van der Waals surface area contributed by atoms with Crippen LogP contribution in [-0.2, 0) is 20.0 Å². The summed E-state index contributed by atoms with van der Waals surface area (Å²) in [5.74, 6) is -1.13. The lowest BCUT2D eigenvalue weighted by atomic mass is 10.3. The van der Waals surface area contributed by atoms with E-state index in [2.05, 4.69) is 9.71 Å². The molecule has 3 N–H and O–H groups in total. The Labute approximate surface area is 96.3 Å². The van der Waals surface area contributed by atoms with Crippen molar-refractivity contribution < 1.29 is 21.2 Å². The van der Waals surface area contributed by atoms with Crippen LogP contribution in [0.15, 0.2) is 26.3 Å². The summed E-state index contributed by atoms with van der Waals surface area (Å²) in [6, 6.07) is 1.37. The molecule has 1 aromatic carbocycles. The van der Waals surface area contributed by atoms with Gasteiger partial charge in [-0.3, -0.25) is 0 Å². The molecule has 1 aliphatic heterocycles. The number of hydrogen-bond donors (Lipinski definition) is 2. The predicted molar refractivity (Wildman–Crippen MR) is 57.1 cm³/mol. The molecule has 0 spiro atoms. The summed E-state index contributed by atoms with van der Waals surface area (Å²) in [5.41, 5.74) is -0.0927. The molecule has 0 atom stereocenters. The fourth-order valence-electron chi connectivity index (χ4n) is 1.30. The summed E-state index contributed by atoms with van der Waals surface area (Å²) in [6.45, 7) is 0. The third-order valence-corrected chi connectivity index (χ3v) is 4.23. The summed E-state index contributed by atoms with van der Waals surface area (Å²) in [6.07, 6.45) is 0.869. The molecule has 7 nitrogen and oxygen atoms in total. The summed E-state index contributed by atoms with van der Waals surface area (Å²) < 4.78 is 61.5. The fourth-order valence-corrected chi connectivity index (χ4v) is 2.96. The van der Waals surface area contributed by atoms with Crippen LogP contribution in [0.5, 0.6) is 0 Å². The van der Waals surface area contributed by atoms with Crippen LogP contribution in [0.2, 0.25) is 0 Å². The van der Waals surface area contributed by atoms with Gasteiger partial charge in [-0.05, 0) is 6.07 Å². The molecule has 0 saturated heterocycles. The highest BCUT2D eigenvalue weighted by Crippen LogP contribution is 2.29. The Morgan fingerprint density at radius 3 is 2.59 bits per heavy atom. The zero-order valence-electron chi connectivity index (χ0n) is 8.08. The molecule has 0 fully saturated rings. The second-order valence-electron chi connectivity index (χ2n) is 3.18. The van der Waals surface area contributed by atoms with Gasteiger partial charge in [-0.1, -0.05) is 0 Å². The second kappa shape index (κ2) is 3.48. The maximum Gasteiger partial charge on any atom is 0.285 e. The van der Waals surface area contributed by atoms with Crippen molar-refractivity contribution >= 4 is 32.1 Å². The first-order valence-electron chi connectivity index (χ1n) is 4.13. The van der Waals surface area contributed by atoms with Crippen LogP contribution < -0.4 is 10.5 Å². The van der Waals surface area contributed by atoms with E-state index >= 15 is 0 Å². The van der Waals surface area contributed by atoms with Crippen LogP contribution >= 0.6 is 0 Å². The van der Waals surface area contributed by atoms with Crippen molar-refractivity contribution in [3.63, 3.8) is 0 Å². The van der Waals surface area contributed by atoms with E-state index in [0.29, 0.717) is 6.07 Å². The highest BCUT2D eigenvalue weighted by atomic mass is 32.2. The van der Waals surface area contributed by atoms with Gasteiger partial charge in [0.15, 0.2) is 0 Å². The van der Waals surface area contributed by atoms with Gasteiger partial charge < -0.3 is 5.32 Å². The maximum absolute atomic E-state index is 13.4. The van der Waals surface area contributed by atoms with Gasteiger partial charge in [-0.2, -0.15) is 8.42 Å². The van der Waals surface area contributed by atoms with Gasteiger partial charge in [0.25, 0.3) is 10.0 Å². The second-order valence-corrected chi connectivity index (χ2v) is 6.31. The number of primary sulfonamides is 1. The van der Waals surface area contributed by atoms with Crippen LogP contribution in [0.25, 0.3) is 0 Å². The van der Waals surface area contributed by atoms with E-state index < -0.39 is 35.7 Å². The van der Waals surface area contributed by atoms with Gasteiger partial charge >= 0.3 is 0 Å². The third kappa shape index (κ3) is 2.01. The van der Waals surface area contributed by atoms with Crippen molar-refractivity contribution in [2.75, 3.05) is 5.32 Å². The Morgan fingerprint density at radius 2 is 2.00 bits per heavy atom. The van der Waals surface area contributed by atoms with Gasteiger partial charge in [0.05, 0.1) is 5.69 Å². The summed E-state index contributed by atoms with van der Waals surface area (Å²) >= 11 is 0. The van der Waals surface area contributed by atoms with Gasteiger partial charge in [0.2, 0.25) is 10.0 Å². The molecule has 1 heterocycles. The Balaban J connectivity index is 2.82. The fraction of sp³-hybridized carbons (Fsp3) is 0. The van der Waals surface area contributed by atoms with Crippen molar-refractivity contribution in [2.45, 2.75) is 9.79 Å². The summed E-state index contributed by atoms with van der Waals surface area (Å²) in [5, 5.41) is 7.15. The monoisotopic (exact) mass is 279 g/mol. The van der Waals surface area contributed by atoms with Crippen molar-refractivity contribution in [2.24, 2.45) is 9.54 Å². The van der Waals surface area contributed by atoms with E-state index in [1.54, 1.807) is 0 Å². The number of anilines is 1. The molecular formula is C7H6FN3O4S2. The Bertz CT molecular complexity index is 724. The molecule has 0 unspecified atom stereocenters. The van der Waals surface area contributed by atoms with Crippen LogP contribution in [0.4, 0.5) is 10.1 Å². The average molecular weight is 279 g/mol. The SMILES string of the molecule is NS(=O)(=O)c1cc2c(cc1F)NC=NS2(=O)=O. The van der Waals surface area contributed by atoms with Crippen LogP contribution in [0.1, 0.15) is 0 Å². The molecule has 2 rings (SSSR count). The predicted octanol–water partition coefficient (Wildman–Crippen LogP) is -0.384. The first-order valence-corrected chi connectivity index (χ1v) is 7.12.